The second-order valence-electron chi connectivity index (χ2n) is 4.08. The van der Waals surface area contributed by atoms with Crippen molar-refractivity contribution in [3.05, 3.63) is 33.8 Å². The molecule has 2 aromatic rings. The van der Waals surface area contributed by atoms with E-state index in [0.717, 1.165) is 24.4 Å². The number of nitrogens with zero attached hydrogens (tertiary/aromatic N) is 2. The molecule has 0 aliphatic rings. The van der Waals surface area contributed by atoms with Crippen LogP contribution < -0.4 is 5.73 Å². The molecule has 0 atom stereocenters. The standard InChI is InChI=1S/C13H17N3O2S/c1-3-9-7-10(16(4-2)15-9)8-18-13(17)12-11(14)5-6-19-12/h5-7H,3-4,8,14H2,1-2H3. The Kier molecular flexibility index (Phi) is 4.21. The zero-order chi connectivity index (χ0) is 13.8. The van der Waals surface area contributed by atoms with Crippen LogP contribution in [0.15, 0.2) is 17.5 Å². The SMILES string of the molecule is CCc1cc(COC(=O)c2sccc2N)n(CC)n1. The number of carbonyl (C=O) groups excluding carboxylic acids is 1. The van der Waals surface area contributed by atoms with Crippen LogP contribution in [0.25, 0.3) is 0 Å². The lowest BCUT2D eigenvalue weighted by molar-refractivity contribution is 0.0469. The molecule has 0 bridgehead atoms. The van der Waals surface area contributed by atoms with Crippen molar-refractivity contribution in [3.8, 4) is 0 Å². The average molecular weight is 279 g/mol. The van der Waals surface area contributed by atoms with Gasteiger partial charge in [-0.1, -0.05) is 6.92 Å². The second kappa shape index (κ2) is 5.88. The van der Waals surface area contributed by atoms with Crippen molar-refractivity contribution >= 4 is 23.0 Å². The molecule has 19 heavy (non-hydrogen) atoms. The van der Waals surface area contributed by atoms with Crippen LogP contribution in [0.3, 0.4) is 0 Å². The van der Waals surface area contributed by atoms with Crippen LogP contribution in [-0.2, 0) is 24.3 Å². The van der Waals surface area contributed by atoms with Crippen molar-refractivity contribution in [2.75, 3.05) is 5.73 Å². The van der Waals surface area contributed by atoms with Crippen LogP contribution in [0, 0.1) is 0 Å². The molecular weight excluding hydrogens is 262 g/mol. The molecule has 0 amide bonds. The molecule has 0 aromatic carbocycles. The van der Waals surface area contributed by atoms with E-state index in [-0.39, 0.29) is 12.6 Å². The summed E-state index contributed by atoms with van der Waals surface area (Å²) in [6, 6.07) is 3.67. The summed E-state index contributed by atoms with van der Waals surface area (Å²) in [7, 11) is 0. The van der Waals surface area contributed by atoms with Crippen molar-refractivity contribution in [1.29, 1.82) is 0 Å². The molecule has 2 N–H and O–H groups in total. The number of hydrogen-bond acceptors (Lipinski definition) is 5. The number of nitrogens with two attached hydrogens (primary N) is 1. The predicted octanol–water partition coefficient (Wildman–Crippen LogP) is 2.47. The Morgan fingerprint density at radius 1 is 1.53 bits per heavy atom. The van der Waals surface area contributed by atoms with Gasteiger partial charge < -0.3 is 10.5 Å². The van der Waals surface area contributed by atoms with E-state index in [1.165, 1.54) is 11.3 Å². The third-order valence-corrected chi connectivity index (χ3v) is 3.72. The van der Waals surface area contributed by atoms with E-state index in [1.54, 1.807) is 11.4 Å². The molecule has 0 aliphatic heterocycles. The number of esters is 1. The van der Waals surface area contributed by atoms with Gasteiger partial charge in [-0.05, 0) is 30.9 Å². The highest BCUT2D eigenvalue weighted by atomic mass is 32.1. The Balaban J connectivity index is 2.04. The van der Waals surface area contributed by atoms with Crippen molar-refractivity contribution in [3.63, 3.8) is 0 Å². The van der Waals surface area contributed by atoms with Crippen LogP contribution in [-0.4, -0.2) is 15.7 Å². The van der Waals surface area contributed by atoms with Crippen LogP contribution in [0.5, 0.6) is 0 Å². The Bertz CT molecular complexity index is 574. The molecule has 0 fully saturated rings. The molecule has 5 nitrogen and oxygen atoms in total. The normalized spacial score (nSPS) is 10.6. The Morgan fingerprint density at radius 3 is 2.89 bits per heavy atom. The van der Waals surface area contributed by atoms with Crippen LogP contribution in [0.2, 0.25) is 0 Å². The lowest BCUT2D eigenvalue weighted by Gasteiger charge is -2.05. The summed E-state index contributed by atoms with van der Waals surface area (Å²) >= 11 is 1.29. The van der Waals surface area contributed by atoms with E-state index < -0.39 is 0 Å². The number of hydrogen-bond donors (Lipinski definition) is 1. The number of carbonyl (C=O) groups is 1. The molecule has 0 aliphatic carbocycles. The van der Waals surface area contributed by atoms with E-state index in [2.05, 4.69) is 5.10 Å². The van der Waals surface area contributed by atoms with Gasteiger partial charge in [-0.3, -0.25) is 4.68 Å². The van der Waals surface area contributed by atoms with Gasteiger partial charge in [0.2, 0.25) is 0 Å². The highest BCUT2D eigenvalue weighted by Crippen LogP contribution is 2.20. The number of ether oxygens (including phenoxy) is 1. The van der Waals surface area contributed by atoms with E-state index in [9.17, 15) is 4.79 Å². The molecule has 2 aromatic heterocycles. The third kappa shape index (κ3) is 2.96. The zero-order valence-electron chi connectivity index (χ0n) is 11.0. The Hall–Kier alpha value is -1.82. The van der Waals surface area contributed by atoms with Crippen LogP contribution in [0.4, 0.5) is 5.69 Å². The maximum atomic E-state index is 11.9. The van der Waals surface area contributed by atoms with Gasteiger partial charge in [0.05, 0.1) is 17.1 Å². The van der Waals surface area contributed by atoms with Crippen molar-refractivity contribution in [2.24, 2.45) is 0 Å². The van der Waals surface area contributed by atoms with Crippen molar-refractivity contribution in [1.82, 2.24) is 9.78 Å². The fourth-order valence-electron chi connectivity index (χ4n) is 1.77. The largest absolute Gasteiger partial charge is 0.455 e. The summed E-state index contributed by atoms with van der Waals surface area (Å²) in [4.78, 5) is 12.3. The van der Waals surface area contributed by atoms with E-state index in [4.69, 9.17) is 10.5 Å². The van der Waals surface area contributed by atoms with Gasteiger partial charge >= 0.3 is 5.97 Å². The average Bonchev–Trinajstić information content (AvgIpc) is 3.01. The highest BCUT2D eigenvalue weighted by molar-refractivity contribution is 7.12. The number of aryl methyl sites for hydroxylation is 2. The maximum Gasteiger partial charge on any atom is 0.350 e. The van der Waals surface area contributed by atoms with Gasteiger partial charge in [-0.15, -0.1) is 11.3 Å². The van der Waals surface area contributed by atoms with Crippen molar-refractivity contribution < 1.29 is 9.53 Å². The summed E-state index contributed by atoms with van der Waals surface area (Å²) in [5, 5.41) is 6.18. The molecule has 2 rings (SSSR count). The summed E-state index contributed by atoms with van der Waals surface area (Å²) in [5.74, 6) is -0.380. The first-order chi connectivity index (χ1) is 9.15. The number of rotatable bonds is 5. The van der Waals surface area contributed by atoms with E-state index in [0.29, 0.717) is 10.6 Å². The third-order valence-electron chi connectivity index (χ3n) is 2.81. The smallest absolute Gasteiger partial charge is 0.350 e. The van der Waals surface area contributed by atoms with Gasteiger partial charge in [0.15, 0.2) is 0 Å². The second-order valence-corrected chi connectivity index (χ2v) is 4.99. The topological polar surface area (TPSA) is 70.1 Å². The van der Waals surface area contributed by atoms with Gasteiger partial charge in [0.1, 0.15) is 11.5 Å². The molecule has 0 saturated carbocycles. The summed E-state index contributed by atoms with van der Waals surface area (Å²) in [6.07, 6.45) is 0.867. The summed E-state index contributed by atoms with van der Waals surface area (Å²) < 4.78 is 7.14. The number of thiophene rings is 1. The Labute approximate surface area is 116 Å². The molecule has 0 radical (unpaired) electrons. The first-order valence-corrected chi connectivity index (χ1v) is 7.09. The quantitative estimate of drug-likeness (QED) is 0.854. The number of anilines is 1. The molecule has 0 spiro atoms. The minimum atomic E-state index is -0.380. The van der Waals surface area contributed by atoms with E-state index in [1.807, 2.05) is 24.6 Å². The Morgan fingerprint density at radius 2 is 2.32 bits per heavy atom. The fraction of sp³-hybridized carbons (Fsp3) is 0.385. The number of nitrogen functional groups attached to an aromatic ring is 1. The molecule has 0 saturated heterocycles. The van der Waals surface area contributed by atoms with Gasteiger partial charge in [0.25, 0.3) is 0 Å². The molecule has 102 valence electrons. The summed E-state index contributed by atoms with van der Waals surface area (Å²) in [5.41, 5.74) is 8.06. The first kappa shape index (κ1) is 13.6. The number of aromatic nitrogens is 2. The van der Waals surface area contributed by atoms with Crippen LogP contribution in [0.1, 0.15) is 34.9 Å². The lowest BCUT2D eigenvalue weighted by Crippen LogP contribution is -2.09. The van der Waals surface area contributed by atoms with Crippen molar-refractivity contribution in [2.45, 2.75) is 33.4 Å². The van der Waals surface area contributed by atoms with Gasteiger partial charge in [-0.2, -0.15) is 5.10 Å². The van der Waals surface area contributed by atoms with Crippen LogP contribution >= 0.6 is 11.3 Å². The molecular formula is C13H17N3O2S. The van der Waals surface area contributed by atoms with Gasteiger partial charge in [0, 0.05) is 6.54 Å². The summed E-state index contributed by atoms with van der Waals surface area (Å²) in [6.45, 7) is 5.03. The zero-order valence-corrected chi connectivity index (χ0v) is 11.9. The van der Waals surface area contributed by atoms with E-state index >= 15 is 0 Å². The molecule has 6 heteroatoms. The minimum absolute atomic E-state index is 0.219. The lowest BCUT2D eigenvalue weighted by atomic mass is 10.3. The maximum absolute atomic E-state index is 11.9. The fourth-order valence-corrected chi connectivity index (χ4v) is 2.48. The molecule has 2 heterocycles. The molecule has 0 unspecified atom stereocenters. The minimum Gasteiger partial charge on any atom is -0.455 e. The highest BCUT2D eigenvalue weighted by Gasteiger charge is 2.14. The first-order valence-electron chi connectivity index (χ1n) is 6.21. The predicted molar refractivity (Wildman–Crippen MR) is 75.1 cm³/mol. The van der Waals surface area contributed by atoms with Gasteiger partial charge in [-0.25, -0.2) is 4.79 Å². The monoisotopic (exact) mass is 279 g/mol.